The van der Waals surface area contributed by atoms with Crippen molar-refractivity contribution in [3.05, 3.63) is 206 Å². The van der Waals surface area contributed by atoms with E-state index >= 15 is 0 Å². The zero-order valence-corrected chi connectivity index (χ0v) is 36.4. The van der Waals surface area contributed by atoms with Gasteiger partial charge in [-0.25, -0.2) is 0 Å². The molecule has 0 bridgehead atoms. The van der Waals surface area contributed by atoms with Crippen molar-refractivity contribution in [3.63, 3.8) is 0 Å². The standard InChI is InChI=1S/2C25H17.C2H6Si.2ClH.Zr/c2*1-2-7-18(8-3-1)23-16-21-11-6-12-24(25(21)17-23)22-14-13-19-9-4-5-10-20(19)15-22;1-3-2;;;/h2*1-17H;1-2H3;2*1H;/q2*-1;;;;+4/p-2. The minimum atomic E-state index is -0.826. The van der Waals surface area contributed by atoms with Gasteiger partial charge in [0.15, 0.2) is 0 Å². The van der Waals surface area contributed by atoms with Crippen molar-refractivity contribution in [1.29, 1.82) is 0 Å². The van der Waals surface area contributed by atoms with E-state index in [1.54, 1.807) is 0 Å². The molecular weight excluding hydrogens is 815 g/mol. The van der Waals surface area contributed by atoms with E-state index in [1.807, 2.05) is 0 Å². The van der Waals surface area contributed by atoms with Gasteiger partial charge < -0.3 is 0 Å². The van der Waals surface area contributed by atoms with E-state index in [9.17, 15) is 0 Å². The van der Waals surface area contributed by atoms with E-state index in [4.69, 9.17) is 17.0 Å². The fourth-order valence-electron chi connectivity index (χ4n) is 7.28. The largest absolute Gasteiger partial charge is 0.144 e. The summed E-state index contributed by atoms with van der Waals surface area (Å²) in [6.45, 7) is 4.31. The van der Waals surface area contributed by atoms with Gasteiger partial charge in [-0.2, -0.15) is 0 Å². The van der Waals surface area contributed by atoms with Gasteiger partial charge in [0.05, 0.1) is 0 Å². The summed E-state index contributed by atoms with van der Waals surface area (Å²) in [6.07, 6.45) is 0. The summed E-state index contributed by atoms with van der Waals surface area (Å²) < 4.78 is 0. The molecule has 0 heterocycles. The SMILES string of the molecule is C[Si]C.[Cl][Zr+2][Cl].c1ccc(-c2cc3c(-c4ccc5ccccc5c4)cccc3[cH-]2)cc1.c1ccc(-c2cc3c(-c4ccc5ccccc5c4)cccc3[cH-]2)cc1. The van der Waals surface area contributed by atoms with Gasteiger partial charge >= 0.3 is 37.9 Å². The number of halogens is 2. The molecule has 0 amide bonds. The van der Waals surface area contributed by atoms with E-state index in [2.05, 4.69) is 219 Å². The Labute approximate surface area is 351 Å². The zero-order chi connectivity index (χ0) is 38.7. The van der Waals surface area contributed by atoms with Crippen molar-refractivity contribution in [3.8, 4) is 44.5 Å². The molecule has 270 valence electrons. The molecule has 0 N–H and O–H groups in total. The first kappa shape index (κ1) is 39.4. The maximum Gasteiger partial charge on any atom is -0.0178 e. The van der Waals surface area contributed by atoms with Crippen molar-refractivity contribution in [1.82, 2.24) is 0 Å². The average molecular weight is 855 g/mol. The van der Waals surface area contributed by atoms with Crippen molar-refractivity contribution in [2.24, 2.45) is 0 Å². The molecular formula is C52H40Cl2SiZr. The zero-order valence-electron chi connectivity index (χ0n) is 31.4. The van der Waals surface area contributed by atoms with E-state index in [-0.39, 0.29) is 0 Å². The molecule has 0 saturated carbocycles. The van der Waals surface area contributed by atoms with Crippen LogP contribution in [0.3, 0.4) is 0 Å². The van der Waals surface area contributed by atoms with Crippen LogP contribution >= 0.6 is 17.0 Å². The Kier molecular flexibility index (Phi) is 13.6. The third-order valence-electron chi connectivity index (χ3n) is 9.84. The van der Waals surface area contributed by atoms with Crippen molar-refractivity contribution in [2.45, 2.75) is 13.1 Å². The van der Waals surface area contributed by atoms with E-state index in [1.165, 1.54) is 87.6 Å². The summed E-state index contributed by atoms with van der Waals surface area (Å²) in [4.78, 5) is 0. The van der Waals surface area contributed by atoms with Crippen LogP contribution in [-0.4, -0.2) is 9.52 Å². The molecule has 0 aliphatic heterocycles. The van der Waals surface area contributed by atoms with Crippen LogP contribution in [0, 0.1) is 0 Å². The molecule has 0 fully saturated rings. The first-order valence-corrected chi connectivity index (χ1v) is 27.0. The number of hydrogen-bond donors (Lipinski definition) is 0. The number of fused-ring (bicyclic) bond motifs is 4. The van der Waals surface area contributed by atoms with Crippen LogP contribution in [0.15, 0.2) is 206 Å². The Bertz CT molecular complexity index is 2610. The summed E-state index contributed by atoms with van der Waals surface area (Å²) in [5.41, 5.74) is 10.2. The van der Waals surface area contributed by atoms with Crippen LogP contribution in [0.1, 0.15) is 0 Å². The number of rotatable bonds is 4. The first-order valence-electron chi connectivity index (χ1n) is 18.6. The molecule has 0 nitrogen and oxygen atoms in total. The summed E-state index contributed by atoms with van der Waals surface area (Å²) >= 11 is -0.826. The van der Waals surface area contributed by atoms with Gasteiger partial charge in [-0.05, 0) is 44.8 Å². The fraction of sp³-hybridized carbons (Fsp3) is 0.0385. The smallest absolute Gasteiger partial charge is 0.0178 e. The maximum atomic E-state index is 4.93. The Morgan fingerprint density at radius 2 is 0.732 bits per heavy atom. The molecule has 4 heteroatoms. The Morgan fingerprint density at radius 3 is 1.12 bits per heavy atom. The third-order valence-corrected chi connectivity index (χ3v) is 9.84. The molecule has 10 rings (SSSR count). The van der Waals surface area contributed by atoms with E-state index in [0.29, 0.717) is 0 Å². The predicted octanol–water partition coefficient (Wildman–Crippen LogP) is 16.3. The quantitative estimate of drug-likeness (QED) is 0.122. The van der Waals surface area contributed by atoms with Gasteiger partial charge in [-0.3, -0.25) is 0 Å². The molecule has 0 spiro atoms. The van der Waals surface area contributed by atoms with Gasteiger partial charge in [-0.15, -0.1) is 69.1 Å². The van der Waals surface area contributed by atoms with Gasteiger partial charge in [0.25, 0.3) is 0 Å². The summed E-state index contributed by atoms with van der Waals surface area (Å²) in [6, 6.07) is 74.1. The molecule has 10 aromatic carbocycles. The van der Waals surface area contributed by atoms with Crippen LogP contribution in [0.5, 0.6) is 0 Å². The van der Waals surface area contributed by atoms with Crippen molar-refractivity contribution in [2.75, 3.05) is 0 Å². The van der Waals surface area contributed by atoms with Crippen LogP contribution in [-0.2, 0) is 20.8 Å². The molecule has 0 aromatic heterocycles. The van der Waals surface area contributed by atoms with Crippen molar-refractivity contribution >= 4 is 69.6 Å². The topological polar surface area (TPSA) is 0 Å². The molecule has 0 atom stereocenters. The van der Waals surface area contributed by atoms with Gasteiger partial charge in [0.2, 0.25) is 0 Å². The minimum Gasteiger partial charge on any atom is -0.144 e. The summed E-state index contributed by atoms with van der Waals surface area (Å²) in [5, 5.41) is 10.4. The van der Waals surface area contributed by atoms with Crippen molar-refractivity contribution < 1.29 is 20.8 Å². The molecule has 0 unspecified atom stereocenters. The second-order valence-electron chi connectivity index (χ2n) is 13.5. The minimum absolute atomic E-state index is 0.826. The Morgan fingerprint density at radius 1 is 0.375 bits per heavy atom. The van der Waals surface area contributed by atoms with Gasteiger partial charge in [0, 0.05) is 9.52 Å². The summed E-state index contributed by atoms with van der Waals surface area (Å²) in [5.74, 6) is 0. The van der Waals surface area contributed by atoms with Gasteiger partial charge in [0.1, 0.15) is 0 Å². The van der Waals surface area contributed by atoms with Crippen LogP contribution in [0.2, 0.25) is 13.1 Å². The van der Waals surface area contributed by atoms with Crippen LogP contribution in [0.25, 0.3) is 87.6 Å². The molecule has 2 radical (unpaired) electrons. The fourth-order valence-corrected chi connectivity index (χ4v) is 7.28. The predicted molar refractivity (Wildman–Crippen MR) is 245 cm³/mol. The van der Waals surface area contributed by atoms with E-state index < -0.39 is 20.8 Å². The van der Waals surface area contributed by atoms with E-state index in [0.717, 1.165) is 9.52 Å². The molecule has 10 aromatic rings. The monoisotopic (exact) mass is 852 g/mol. The van der Waals surface area contributed by atoms with Crippen LogP contribution in [0.4, 0.5) is 0 Å². The number of hydrogen-bond acceptors (Lipinski definition) is 0. The third kappa shape index (κ3) is 9.24. The van der Waals surface area contributed by atoms with Gasteiger partial charge in [-0.1, -0.05) is 193 Å². The molecule has 56 heavy (non-hydrogen) atoms. The normalized spacial score (nSPS) is 10.5. The average Bonchev–Trinajstić information content (AvgIpc) is 3.90. The maximum absolute atomic E-state index is 4.93. The first-order chi connectivity index (χ1) is 27.6. The number of benzene rings is 8. The molecule has 0 aliphatic carbocycles. The Hall–Kier alpha value is -4.82. The van der Waals surface area contributed by atoms with Crippen LogP contribution < -0.4 is 0 Å². The second-order valence-corrected chi connectivity index (χ2v) is 18.3. The molecule has 0 aliphatic rings. The Balaban J connectivity index is 0.000000151. The second kappa shape index (κ2) is 19.4. The summed E-state index contributed by atoms with van der Waals surface area (Å²) in [7, 11) is 11.0. The molecule has 0 saturated heterocycles.